The van der Waals surface area contributed by atoms with Gasteiger partial charge in [0, 0.05) is 5.56 Å². The van der Waals surface area contributed by atoms with E-state index in [2.05, 4.69) is 9.46 Å². The molecule has 0 saturated carbocycles. The minimum Gasteiger partial charge on any atom is -0.468 e. The Balaban J connectivity index is 2.76. The van der Waals surface area contributed by atoms with Gasteiger partial charge in [0.15, 0.2) is 0 Å². The van der Waals surface area contributed by atoms with E-state index in [1.165, 1.54) is 14.0 Å². The van der Waals surface area contributed by atoms with Gasteiger partial charge in [0.25, 0.3) is 0 Å². The zero-order valence-corrected chi connectivity index (χ0v) is 12.8. The van der Waals surface area contributed by atoms with E-state index in [9.17, 15) is 13.2 Å². The number of hydrogen-bond donors (Lipinski definition) is 2. The zero-order chi connectivity index (χ0) is 15.3. The second-order valence-corrected chi connectivity index (χ2v) is 6.38. The van der Waals surface area contributed by atoms with E-state index in [4.69, 9.17) is 18.0 Å². The van der Waals surface area contributed by atoms with Gasteiger partial charge in [-0.3, -0.25) is 4.79 Å². The number of nitrogens with two attached hydrogens (primary N) is 1. The highest BCUT2D eigenvalue weighted by Gasteiger charge is 2.20. The van der Waals surface area contributed by atoms with E-state index in [0.717, 1.165) is 0 Å². The molecule has 0 amide bonds. The molecule has 6 nitrogen and oxygen atoms in total. The van der Waals surface area contributed by atoms with Crippen LogP contribution in [0.3, 0.4) is 0 Å². The third kappa shape index (κ3) is 4.87. The smallest absolute Gasteiger partial charge is 0.323 e. The molecule has 8 heteroatoms. The molecule has 3 N–H and O–H groups in total. The second kappa shape index (κ2) is 6.78. The molecule has 0 saturated heterocycles. The van der Waals surface area contributed by atoms with Gasteiger partial charge in [-0.1, -0.05) is 36.5 Å². The van der Waals surface area contributed by atoms with Gasteiger partial charge >= 0.3 is 5.97 Å². The molecule has 0 aliphatic carbocycles. The fraction of sp³-hybridized carbons (Fsp3) is 0.333. The lowest BCUT2D eigenvalue weighted by molar-refractivity contribution is -0.142. The first-order chi connectivity index (χ1) is 9.25. The molecule has 0 aliphatic heterocycles. The lowest BCUT2D eigenvalue weighted by atomic mass is 10.1. The first-order valence-electron chi connectivity index (χ1n) is 5.72. The van der Waals surface area contributed by atoms with Crippen LogP contribution in [0.1, 0.15) is 18.1 Å². The Hall–Kier alpha value is -1.51. The SMILES string of the molecule is COC(=O)C(C)NS(=O)(=O)Cc1ccc(C(N)=S)cc1. The van der Waals surface area contributed by atoms with Gasteiger partial charge < -0.3 is 10.5 Å². The summed E-state index contributed by atoms with van der Waals surface area (Å²) in [5, 5.41) is 0. The maximum Gasteiger partial charge on any atom is 0.323 e. The van der Waals surface area contributed by atoms with Gasteiger partial charge in [-0.25, -0.2) is 13.1 Å². The Morgan fingerprint density at radius 3 is 2.40 bits per heavy atom. The number of hydrogen-bond acceptors (Lipinski definition) is 5. The van der Waals surface area contributed by atoms with Gasteiger partial charge in [0.05, 0.1) is 12.9 Å². The third-order valence-electron chi connectivity index (χ3n) is 2.51. The van der Waals surface area contributed by atoms with Gasteiger partial charge in [-0.15, -0.1) is 0 Å². The number of benzene rings is 1. The number of ether oxygens (including phenoxy) is 1. The molecule has 0 bridgehead atoms. The number of nitrogens with one attached hydrogen (secondary N) is 1. The van der Waals surface area contributed by atoms with Crippen LogP contribution in [0.2, 0.25) is 0 Å². The summed E-state index contributed by atoms with van der Waals surface area (Å²) in [5.41, 5.74) is 6.68. The van der Waals surface area contributed by atoms with Crippen LogP contribution in [0.15, 0.2) is 24.3 Å². The van der Waals surface area contributed by atoms with Crippen LogP contribution in [-0.4, -0.2) is 32.5 Å². The van der Waals surface area contributed by atoms with Gasteiger partial charge in [-0.2, -0.15) is 0 Å². The molecular formula is C12H16N2O4S2. The van der Waals surface area contributed by atoms with Crippen molar-refractivity contribution < 1.29 is 17.9 Å². The molecule has 1 aromatic rings. The molecule has 0 radical (unpaired) electrons. The average molecular weight is 316 g/mol. The number of methoxy groups -OCH3 is 1. The topological polar surface area (TPSA) is 98.5 Å². The predicted molar refractivity (Wildman–Crippen MR) is 79.6 cm³/mol. The molecule has 0 heterocycles. The Labute approximate surface area is 123 Å². The van der Waals surface area contributed by atoms with E-state index in [0.29, 0.717) is 11.1 Å². The Morgan fingerprint density at radius 2 is 1.95 bits per heavy atom. The minimum absolute atomic E-state index is 0.244. The van der Waals surface area contributed by atoms with Crippen LogP contribution >= 0.6 is 12.2 Å². The summed E-state index contributed by atoms with van der Waals surface area (Å²) in [7, 11) is -2.44. The fourth-order valence-electron chi connectivity index (χ4n) is 1.52. The molecule has 1 rings (SSSR count). The summed E-state index contributed by atoms with van der Waals surface area (Å²) in [6, 6.07) is 5.61. The monoisotopic (exact) mass is 316 g/mol. The first kappa shape index (κ1) is 16.5. The van der Waals surface area contributed by atoms with Crippen molar-refractivity contribution in [3.8, 4) is 0 Å². The van der Waals surface area contributed by atoms with Gasteiger partial charge in [-0.05, 0) is 12.5 Å². The molecule has 0 fully saturated rings. The van der Waals surface area contributed by atoms with Crippen LogP contribution in [-0.2, 0) is 25.3 Å². The number of sulfonamides is 1. The molecular weight excluding hydrogens is 300 g/mol. The lowest BCUT2D eigenvalue weighted by Gasteiger charge is -2.12. The highest BCUT2D eigenvalue weighted by molar-refractivity contribution is 7.88. The maximum absolute atomic E-state index is 11.9. The van der Waals surface area contributed by atoms with Crippen LogP contribution in [0.25, 0.3) is 0 Å². The van der Waals surface area contributed by atoms with E-state index in [1.807, 2.05) is 0 Å². The molecule has 0 spiro atoms. The normalized spacial score (nSPS) is 12.7. The van der Waals surface area contributed by atoms with Crippen molar-refractivity contribution in [2.75, 3.05) is 7.11 Å². The van der Waals surface area contributed by atoms with Gasteiger partial charge in [0.1, 0.15) is 11.0 Å². The van der Waals surface area contributed by atoms with Crippen LogP contribution in [0, 0.1) is 0 Å². The largest absolute Gasteiger partial charge is 0.468 e. The number of rotatable bonds is 6. The van der Waals surface area contributed by atoms with Crippen LogP contribution < -0.4 is 10.5 Å². The number of esters is 1. The Bertz CT molecular complexity index is 596. The molecule has 0 aliphatic rings. The average Bonchev–Trinajstić information content (AvgIpc) is 2.37. The second-order valence-electron chi connectivity index (χ2n) is 4.18. The predicted octanol–water partition coefficient (Wildman–Crippen LogP) is 0.302. The molecule has 1 atom stereocenters. The summed E-state index contributed by atoms with van der Waals surface area (Å²) in [6.07, 6.45) is 0. The van der Waals surface area contributed by atoms with Crippen molar-refractivity contribution in [1.29, 1.82) is 0 Å². The van der Waals surface area contributed by atoms with Crippen molar-refractivity contribution in [2.45, 2.75) is 18.7 Å². The van der Waals surface area contributed by atoms with Crippen LogP contribution in [0.4, 0.5) is 0 Å². The number of carbonyl (C=O) groups excluding carboxylic acids is 1. The summed E-state index contributed by atoms with van der Waals surface area (Å²) >= 11 is 4.81. The van der Waals surface area contributed by atoms with E-state index < -0.39 is 22.0 Å². The number of carbonyl (C=O) groups is 1. The van der Waals surface area contributed by atoms with Crippen molar-refractivity contribution in [3.05, 3.63) is 35.4 Å². The molecule has 110 valence electrons. The van der Waals surface area contributed by atoms with Crippen molar-refractivity contribution in [3.63, 3.8) is 0 Å². The van der Waals surface area contributed by atoms with Gasteiger partial charge in [0.2, 0.25) is 10.0 Å². The van der Waals surface area contributed by atoms with Crippen LogP contribution in [0.5, 0.6) is 0 Å². The lowest BCUT2D eigenvalue weighted by Crippen LogP contribution is -2.39. The summed E-state index contributed by atoms with van der Waals surface area (Å²) in [5.74, 6) is -0.885. The van der Waals surface area contributed by atoms with Crippen molar-refractivity contribution in [1.82, 2.24) is 4.72 Å². The molecule has 1 unspecified atom stereocenters. The number of thiocarbonyl (C=S) groups is 1. The van der Waals surface area contributed by atoms with E-state index in [1.54, 1.807) is 24.3 Å². The van der Waals surface area contributed by atoms with Crippen molar-refractivity contribution in [2.24, 2.45) is 5.73 Å². The van der Waals surface area contributed by atoms with E-state index >= 15 is 0 Å². The molecule has 1 aromatic carbocycles. The third-order valence-corrected chi connectivity index (χ3v) is 4.17. The Kier molecular flexibility index (Phi) is 5.61. The molecule has 0 aromatic heterocycles. The zero-order valence-electron chi connectivity index (χ0n) is 11.1. The van der Waals surface area contributed by atoms with Crippen molar-refractivity contribution >= 4 is 33.2 Å². The maximum atomic E-state index is 11.9. The highest BCUT2D eigenvalue weighted by atomic mass is 32.2. The summed E-state index contributed by atoms with van der Waals surface area (Å²) in [4.78, 5) is 11.4. The minimum atomic E-state index is -3.64. The fourth-order valence-corrected chi connectivity index (χ4v) is 3.01. The Morgan fingerprint density at radius 1 is 1.40 bits per heavy atom. The van der Waals surface area contributed by atoms with E-state index in [-0.39, 0.29) is 10.7 Å². The quantitative estimate of drug-likeness (QED) is 0.578. The first-order valence-corrected chi connectivity index (χ1v) is 7.78. The standard InChI is InChI=1S/C12H16N2O4S2/c1-8(12(15)18-2)14-20(16,17)7-9-3-5-10(6-4-9)11(13)19/h3-6,8,14H,7H2,1-2H3,(H2,13,19). The molecule has 20 heavy (non-hydrogen) atoms. The summed E-state index contributed by atoms with van der Waals surface area (Å²) < 4.78 is 30.5. The highest BCUT2D eigenvalue weighted by Crippen LogP contribution is 2.08. The summed E-state index contributed by atoms with van der Waals surface area (Å²) in [6.45, 7) is 1.42.